The van der Waals surface area contributed by atoms with Crippen LogP contribution in [0, 0.1) is 23.3 Å². The fourth-order valence-electron chi connectivity index (χ4n) is 5.29. The van der Waals surface area contributed by atoms with E-state index in [4.69, 9.17) is 0 Å². The minimum absolute atomic E-state index is 0.0776. The monoisotopic (exact) mass is 456 g/mol. The molecule has 0 heterocycles. The normalized spacial score (nSPS) is 18.7. The van der Waals surface area contributed by atoms with Crippen LogP contribution in [-0.2, 0) is 6.42 Å². The third-order valence-corrected chi connectivity index (χ3v) is 7.27. The van der Waals surface area contributed by atoms with Crippen molar-refractivity contribution in [3.05, 3.63) is 82.4 Å². The molecule has 0 saturated heterocycles. The maximum atomic E-state index is 14.6. The first kappa shape index (κ1) is 23.8. The van der Waals surface area contributed by atoms with Gasteiger partial charge < -0.3 is 0 Å². The topological polar surface area (TPSA) is 0 Å². The summed E-state index contributed by atoms with van der Waals surface area (Å²) in [4.78, 5) is 0. The molecule has 0 unspecified atom stereocenters. The lowest BCUT2D eigenvalue weighted by molar-refractivity contribution is 0.395. The van der Waals surface area contributed by atoms with Crippen LogP contribution in [0.3, 0.4) is 0 Å². The van der Waals surface area contributed by atoms with E-state index in [-0.39, 0.29) is 11.3 Å². The quantitative estimate of drug-likeness (QED) is 0.180. The molecule has 0 nitrogen and oxygen atoms in total. The molecular weight excluding hydrogens is 424 g/mol. The molecule has 1 fully saturated rings. The lowest BCUT2D eigenvalue weighted by atomic mass is 9.76. The summed E-state index contributed by atoms with van der Waals surface area (Å²) in [5, 5.41) is -0.398. The molecule has 0 atom stereocenters. The van der Waals surface area contributed by atoms with E-state index in [9.17, 15) is 17.6 Å². The van der Waals surface area contributed by atoms with Gasteiger partial charge in [0.1, 0.15) is 5.82 Å². The standard InChI is InChI=1S/C29H32F4/c1-2-3-4-5-6-7-19-8-10-20(11-9-19)21-12-14-22(15-13-21)23-16-24-18-26(31)28(32)29(33)27(24)25(30)17-23/h8-11,16-18,21-22H,2-7,12-15H2,1H3. The second-order valence-electron chi connectivity index (χ2n) is 9.54. The molecule has 0 radical (unpaired) electrons. The Morgan fingerprint density at radius 2 is 1.30 bits per heavy atom. The zero-order valence-electron chi connectivity index (χ0n) is 19.3. The summed E-state index contributed by atoms with van der Waals surface area (Å²) in [5.74, 6) is -4.58. The maximum absolute atomic E-state index is 14.6. The first-order chi connectivity index (χ1) is 16.0. The van der Waals surface area contributed by atoms with Crippen molar-refractivity contribution >= 4 is 10.8 Å². The lowest BCUT2D eigenvalue weighted by Gasteiger charge is -2.29. The van der Waals surface area contributed by atoms with E-state index in [1.54, 1.807) is 6.07 Å². The summed E-state index contributed by atoms with van der Waals surface area (Å²) in [6, 6.07) is 12.8. The third-order valence-electron chi connectivity index (χ3n) is 7.27. The average molecular weight is 457 g/mol. The van der Waals surface area contributed by atoms with Crippen LogP contribution in [0.4, 0.5) is 17.6 Å². The lowest BCUT2D eigenvalue weighted by Crippen LogP contribution is -2.12. The summed E-state index contributed by atoms with van der Waals surface area (Å²) in [5.41, 5.74) is 3.49. The van der Waals surface area contributed by atoms with Gasteiger partial charge in [-0.25, -0.2) is 17.6 Å². The SMILES string of the molecule is CCCCCCCc1ccc(C2CCC(c3cc(F)c4c(F)c(F)c(F)cc4c3)CC2)cc1. The molecule has 0 aromatic heterocycles. The van der Waals surface area contributed by atoms with E-state index in [1.165, 1.54) is 49.3 Å². The first-order valence-electron chi connectivity index (χ1n) is 12.3. The molecule has 1 aliphatic rings. The highest BCUT2D eigenvalue weighted by molar-refractivity contribution is 5.84. The number of hydrogen-bond donors (Lipinski definition) is 0. The Balaban J connectivity index is 1.38. The molecule has 0 bridgehead atoms. The number of unbranched alkanes of at least 4 members (excludes halogenated alkanes) is 4. The Bertz CT molecular complexity index is 1080. The fourth-order valence-corrected chi connectivity index (χ4v) is 5.29. The van der Waals surface area contributed by atoms with Crippen molar-refractivity contribution in [1.82, 2.24) is 0 Å². The number of halogens is 4. The number of hydrogen-bond acceptors (Lipinski definition) is 0. The van der Waals surface area contributed by atoms with Crippen LogP contribution in [-0.4, -0.2) is 0 Å². The molecule has 4 heteroatoms. The van der Waals surface area contributed by atoms with E-state index in [1.807, 2.05) is 0 Å². The van der Waals surface area contributed by atoms with Crippen LogP contribution in [0.2, 0.25) is 0 Å². The van der Waals surface area contributed by atoms with Gasteiger partial charge in [-0.2, -0.15) is 0 Å². The zero-order chi connectivity index (χ0) is 23.4. The Labute approximate surface area is 194 Å². The number of benzene rings is 3. The van der Waals surface area contributed by atoms with Gasteiger partial charge in [-0.3, -0.25) is 0 Å². The fraction of sp³-hybridized carbons (Fsp3) is 0.448. The summed E-state index contributed by atoms with van der Waals surface area (Å²) >= 11 is 0. The van der Waals surface area contributed by atoms with Crippen LogP contribution < -0.4 is 0 Å². The van der Waals surface area contributed by atoms with Crippen LogP contribution in [0.1, 0.15) is 93.2 Å². The van der Waals surface area contributed by atoms with Gasteiger partial charge in [-0.1, -0.05) is 62.9 Å². The Morgan fingerprint density at radius 1 is 0.667 bits per heavy atom. The molecule has 1 saturated carbocycles. The maximum Gasteiger partial charge on any atom is 0.195 e. The van der Waals surface area contributed by atoms with Crippen molar-refractivity contribution in [3.63, 3.8) is 0 Å². The molecule has 3 aromatic rings. The van der Waals surface area contributed by atoms with E-state index in [0.717, 1.165) is 43.7 Å². The Kier molecular flexibility index (Phi) is 7.72. The molecule has 0 spiro atoms. The highest BCUT2D eigenvalue weighted by Gasteiger charge is 2.25. The Morgan fingerprint density at radius 3 is 1.97 bits per heavy atom. The summed E-state index contributed by atoms with van der Waals surface area (Å²) in [7, 11) is 0. The van der Waals surface area contributed by atoms with E-state index in [0.29, 0.717) is 5.92 Å². The van der Waals surface area contributed by atoms with Crippen LogP contribution in [0.5, 0.6) is 0 Å². The predicted molar refractivity (Wildman–Crippen MR) is 127 cm³/mol. The van der Waals surface area contributed by atoms with Crippen molar-refractivity contribution in [3.8, 4) is 0 Å². The molecule has 0 amide bonds. The average Bonchev–Trinajstić information content (AvgIpc) is 2.82. The van der Waals surface area contributed by atoms with Gasteiger partial charge in [0.2, 0.25) is 0 Å². The molecule has 0 N–H and O–H groups in total. The minimum Gasteiger partial charge on any atom is -0.206 e. The van der Waals surface area contributed by atoms with Crippen LogP contribution >= 0.6 is 0 Å². The van der Waals surface area contributed by atoms with E-state index >= 15 is 0 Å². The largest absolute Gasteiger partial charge is 0.206 e. The van der Waals surface area contributed by atoms with Crippen molar-refractivity contribution in [1.29, 1.82) is 0 Å². The first-order valence-corrected chi connectivity index (χ1v) is 12.3. The smallest absolute Gasteiger partial charge is 0.195 e. The number of aryl methyl sites for hydroxylation is 1. The van der Waals surface area contributed by atoms with Crippen molar-refractivity contribution < 1.29 is 17.6 Å². The van der Waals surface area contributed by atoms with Gasteiger partial charge in [0, 0.05) is 0 Å². The summed E-state index contributed by atoms with van der Waals surface area (Å²) in [6.45, 7) is 2.23. The number of rotatable bonds is 8. The van der Waals surface area contributed by atoms with Crippen LogP contribution in [0.25, 0.3) is 10.8 Å². The van der Waals surface area contributed by atoms with Gasteiger partial charge >= 0.3 is 0 Å². The highest BCUT2D eigenvalue weighted by Crippen LogP contribution is 2.42. The second kappa shape index (κ2) is 10.7. The molecule has 176 valence electrons. The second-order valence-corrected chi connectivity index (χ2v) is 9.54. The van der Waals surface area contributed by atoms with Crippen molar-refractivity contribution in [2.75, 3.05) is 0 Å². The van der Waals surface area contributed by atoms with Gasteiger partial charge in [0.25, 0.3) is 0 Å². The molecule has 33 heavy (non-hydrogen) atoms. The zero-order valence-corrected chi connectivity index (χ0v) is 19.3. The van der Waals surface area contributed by atoms with Gasteiger partial charge in [0.05, 0.1) is 5.39 Å². The molecule has 1 aliphatic carbocycles. The molecule has 3 aromatic carbocycles. The summed E-state index contributed by atoms with van der Waals surface area (Å²) in [6.07, 6.45) is 11.3. The predicted octanol–water partition coefficient (Wildman–Crippen LogP) is 9.35. The van der Waals surface area contributed by atoms with E-state index in [2.05, 4.69) is 31.2 Å². The Hall–Kier alpha value is -2.36. The van der Waals surface area contributed by atoms with Gasteiger partial charge in [0.15, 0.2) is 17.5 Å². The highest BCUT2D eigenvalue weighted by atomic mass is 19.2. The number of fused-ring (bicyclic) bond motifs is 1. The third kappa shape index (κ3) is 5.42. The van der Waals surface area contributed by atoms with Crippen molar-refractivity contribution in [2.24, 2.45) is 0 Å². The van der Waals surface area contributed by atoms with Gasteiger partial charge in [-0.05, 0) is 84.6 Å². The van der Waals surface area contributed by atoms with E-state index < -0.39 is 28.7 Å². The molecule has 4 rings (SSSR count). The van der Waals surface area contributed by atoms with Crippen LogP contribution in [0.15, 0.2) is 42.5 Å². The molecular formula is C29H32F4. The van der Waals surface area contributed by atoms with Crippen molar-refractivity contribution in [2.45, 2.75) is 83.0 Å². The summed E-state index contributed by atoms with van der Waals surface area (Å²) < 4.78 is 55.8. The minimum atomic E-state index is -1.63. The molecule has 0 aliphatic heterocycles. The van der Waals surface area contributed by atoms with Gasteiger partial charge in [-0.15, -0.1) is 0 Å².